The first kappa shape index (κ1) is 17.0. The van der Waals surface area contributed by atoms with Crippen molar-refractivity contribution in [2.75, 3.05) is 27.2 Å². The summed E-state index contributed by atoms with van der Waals surface area (Å²) < 4.78 is 27.8. The van der Waals surface area contributed by atoms with Gasteiger partial charge >= 0.3 is 0 Å². The van der Waals surface area contributed by atoms with Gasteiger partial charge in [-0.1, -0.05) is 23.2 Å². The molecule has 1 unspecified atom stereocenters. The highest BCUT2D eigenvalue weighted by Crippen LogP contribution is 2.30. The maximum Gasteiger partial charge on any atom is 0.242 e. The van der Waals surface area contributed by atoms with Crippen LogP contribution in [-0.2, 0) is 16.6 Å². The Bertz CT molecular complexity index is 622. The fraction of sp³-hybridized carbons (Fsp3) is 0.538. The Hall–Kier alpha value is -0.370. The van der Waals surface area contributed by atoms with Gasteiger partial charge in [0.05, 0.1) is 5.02 Å². The average Bonchev–Trinajstić information content (AvgIpc) is 2.78. The van der Waals surface area contributed by atoms with E-state index in [1.54, 1.807) is 13.1 Å². The molecule has 1 saturated heterocycles. The molecule has 0 spiro atoms. The predicted octanol–water partition coefficient (Wildman–Crippen LogP) is 1.70. The van der Waals surface area contributed by atoms with Crippen LogP contribution in [0.3, 0.4) is 0 Å². The summed E-state index contributed by atoms with van der Waals surface area (Å²) in [7, 11) is 0.0440. The SMILES string of the molecule is CNCc1cc(Cl)cc(S(=O)(=O)NC2CCN(C)C2)c1Cl. The Morgan fingerprint density at radius 3 is 2.67 bits per heavy atom. The van der Waals surface area contributed by atoms with Crippen LogP contribution in [0.1, 0.15) is 12.0 Å². The monoisotopic (exact) mass is 351 g/mol. The second kappa shape index (κ2) is 6.81. The van der Waals surface area contributed by atoms with Crippen LogP contribution in [-0.4, -0.2) is 46.5 Å². The molecule has 0 aliphatic carbocycles. The Morgan fingerprint density at radius 2 is 2.10 bits per heavy atom. The van der Waals surface area contributed by atoms with Crippen molar-refractivity contribution in [3.05, 3.63) is 27.7 Å². The Labute approximate surface area is 135 Å². The van der Waals surface area contributed by atoms with E-state index in [1.165, 1.54) is 6.07 Å². The molecule has 1 fully saturated rings. The smallest absolute Gasteiger partial charge is 0.242 e. The highest BCUT2D eigenvalue weighted by molar-refractivity contribution is 7.89. The number of likely N-dealkylation sites (N-methyl/N-ethyl adjacent to an activating group) is 1. The van der Waals surface area contributed by atoms with Crippen molar-refractivity contribution in [2.45, 2.75) is 23.9 Å². The number of nitrogens with one attached hydrogen (secondary N) is 2. The molecule has 0 amide bonds. The van der Waals surface area contributed by atoms with Crippen LogP contribution in [0.5, 0.6) is 0 Å². The first-order valence-corrected chi connectivity index (χ1v) is 8.91. The molecule has 1 aromatic carbocycles. The van der Waals surface area contributed by atoms with Crippen molar-refractivity contribution in [3.63, 3.8) is 0 Å². The molecule has 1 atom stereocenters. The zero-order valence-electron chi connectivity index (χ0n) is 12.0. The van der Waals surface area contributed by atoms with Crippen LogP contribution < -0.4 is 10.0 Å². The average molecular weight is 352 g/mol. The molecule has 118 valence electrons. The summed E-state index contributed by atoms with van der Waals surface area (Å²) in [5, 5.41) is 3.52. The summed E-state index contributed by atoms with van der Waals surface area (Å²) in [5.74, 6) is 0. The largest absolute Gasteiger partial charge is 0.316 e. The summed E-state index contributed by atoms with van der Waals surface area (Å²) in [6.07, 6.45) is 0.789. The van der Waals surface area contributed by atoms with Crippen molar-refractivity contribution in [2.24, 2.45) is 0 Å². The maximum atomic E-state index is 12.5. The van der Waals surface area contributed by atoms with Crippen LogP contribution in [0, 0.1) is 0 Å². The van der Waals surface area contributed by atoms with Crippen molar-refractivity contribution < 1.29 is 8.42 Å². The molecule has 0 saturated carbocycles. The molecule has 0 radical (unpaired) electrons. The van der Waals surface area contributed by atoms with Crippen molar-refractivity contribution in [1.29, 1.82) is 0 Å². The third-order valence-electron chi connectivity index (χ3n) is 3.45. The maximum absolute atomic E-state index is 12.5. The van der Waals surface area contributed by atoms with E-state index in [9.17, 15) is 8.42 Å². The van der Waals surface area contributed by atoms with Gasteiger partial charge in [0.2, 0.25) is 10.0 Å². The van der Waals surface area contributed by atoms with Gasteiger partial charge in [-0.05, 0) is 44.8 Å². The van der Waals surface area contributed by atoms with Gasteiger partial charge in [-0.2, -0.15) is 0 Å². The van der Waals surface area contributed by atoms with Crippen molar-refractivity contribution in [1.82, 2.24) is 14.9 Å². The molecule has 8 heteroatoms. The fourth-order valence-corrected chi connectivity index (χ4v) is 4.64. The first-order valence-electron chi connectivity index (χ1n) is 6.67. The minimum Gasteiger partial charge on any atom is -0.316 e. The Kier molecular flexibility index (Phi) is 5.51. The predicted molar refractivity (Wildman–Crippen MR) is 85.4 cm³/mol. The molecule has 0 aromatic heterocycles. The van der Waals surface area contributed by atoms with Crippen molar-refractivity contribution in [3.8, 4) is 0 Å². The molecule has 1 aliphatic heterocycles. The number of likely N-dealkylation sites (tertiary alicyclic amines) is 1. The molecular formula is C13H19Cl2N3O2S. The molecule has 1 aromatic rings. The molecule has 2 N–H and O–H groups in total. The normalized spacial score (nSPS) is 20.1. The van der Waals surface area contributed by atoms with Gasteiger partial charge in [0, 0.05) is 24.2 Å². The van der Waals surface area contributed by atoms with E-state index in [2.05, 4.69) is 14.9 Å². The van der Waals surface area contributed by atoms with E-state index >= 15 is 0 Å². The Balaban J connectivity index is 2.31. The standard InChI is InChI=1S/C13H19Cl2N3O2S/c1-16-7-9-5-10(14)6-12(13(9)15)21(19,20)17-11-3-4-18(2)8-11/h5-6,11,16-17H,3-4,7-8H2,1-2H3. The lowest BCUT2D eigenvalue weighted by Gasteiger charge is -2.16. The van der Waals surface area contributed by atoms with Gasteiger partial charge in [-0.15, -0.1) is 0 Å². The highest BCUT2D eigenvalue weighted by Gasteiger charge is 2.27. The third-order valence-corrected chi connectivity index (χ3v) is 5.77. The zero-order valence-corrected chi connectivity index (χ0v) is 14.3. The van der Waals surface area contributed by atoms with Crippen molar-refractivity contribution >= 4 is 33.2 Å². The summed E-state index contributed by atoms with van der Waals surface area (Å²) in [6, 6.07) is 2.97. The van der Waals surface area contributed by atoms with E-state index in [-0.39, 0.29) is 16.0 Å². The van der Waals surface area contributed by atoms with Gasteiger partial charge in [0.25, 0.3) is 0 Å². The van der Waals surface area contributed by atoms with Gasteiger partial charge in [0.1, 0.15) is 4.90 Å². The second-order valence-electron chi connectivity index (χ2n) is 5.28. The number of hydrogen-bond donors (Lipinski definition) is 2. The minimum absolute atomic E-state index is 0.0384. The van der Waals surface area contributed by atoms with E-state index in [0.717, 1.165) is 13.0 Å². The number of nitrogens with zero attached hydrogens (tertiary/aromatic N) is 1. The van der Waals surface area contributed by atoms with E-state index in [4.69, 9.17) is 23.2 Å². The summed E-state index contributed by atoms with van der Waals surface area (Å²) in [4.78, 5) is 2.12. The minimum atomic E-state index is -3.68. The van der Waals surface area contributed by atoms with E-state index < -0.39 is 10.0 Å². The van der Waals surface area contributed by atoms with E-state index in [0.29, 0.717) is 23.7 Å². The number of sulfonamides is 1. The molecule has 1 aliphatic rings. The van der Waals surface area contributed by atoms with E-state index in [1.807, 2.05) is 7.05 Å². The molecule has 5 nitrogen and oxygen atoms in total. The zero-order chi connectivity index (χ0) is 15.6. The number of rotatable bonds is 5. The summed E-state index contributed by atoms with van der Waals surface area (Å²) in [6.45, 7) is 2.02. The number of halogens is 2. The lowest BCUT2D eigenvalue weighted by atomic mass is 10.2. The van der Waals surface area contributed by atoms with Crippen LogP contribution in [0.2, 0.25) is 10.0 Å². The van der Waals surface area contributed by atoms with Gasteiger partial charge in [-0.3, -0.25) is 0 Å². The lowest BCUT2D eigenvalue weighted by molar-refractivity contribution is 0.407. The quantitative estimate of drug-likeness (QED) is 0.847. The van der Waals surface area contributed by atoms with Crippen LogP contribution in [0.4, 0.5) is 0 Å². The number of benzene rings is 1. The van der Waals surface area contributed by atoms with Crippen LogP contribution in [0.15, 0.2) is 17.0 Å². The molecule has 0 bridgehead atoms. The summed E-state index contributed by atoms with van der Waals surface area (Å²) >= 11 is 12.2. The number of hydrogen-bond acceptors (Lipinski definition) is 4. The first-order chi connectivity index (χ1) is 9.83. The van der Waals surface area contributed by atoms with Gasteiger partial charge < -0.3 is 10.2 Å². The molecule has 2 rings (SSSR count). The highest BCUT2D eigenvalue weighted by atomic mass is 35.5. The third kappa shape index (κ3) is 4.09. The second-order valence-corrected chi connectivity index (χ2v) is 7.77. The van der Waals surface area contributed by atoms with Crippen LogP contribution >= 0.6 is 23.2 Å². The van der Waals surface area contributed by atoms with Gasteiger partial charge in [0.15, 0.2) is 0 Å². The van der Waals surface area contributed by atoms with Crippen LogP contribution in [0.25, 0.3) is 0 Å². The summed E-state index contributed by atoms with van der Waals surface area (Å²) in [5.41, 5.74) is 0.663. The molecular weight excluding hydrogens is 333 g/mol. The molecule has 1 heterocycles. The lowest BCUT2D eigenvalue weighted by Crippen LogP contribution is -2.36. The Morgan fingerprint density at radius 1 is 1.38 bits per heavy atom. The molecule has 21 heavy (non-hydrogen) atoms. The fourth-order valence-electron chi connectivity index (χ4n) is 2.45. The topological polar surface area (TPSA) is 61.4 Å². The van der Waals surface area contributed by atoms with Gasteiger partial charge in [-0.25, -0.2) is 13.1 Å².